The topological polar surface area (TPSA) is 79.4 Å². The van der Waals surface area contributed by atoms with Crippen molar-refractivity contribution in [3.63, 3.8) is 0 Å². The molecule has 1 aromatic heterocycles. The van der Waals surface area contributed by atoms with Crippen LogP contribution in [0.3, 0.4) is 0 Å². The molecule has 11 heavy (non-hydrogen) atoms. The van der Waals surface area contributed by atoms with Crippen LogP contribution in [0.5, 0.6) is 0 Å². The van der Waals surface area contributed by atoms with E-state index >= 15 is 0 Å². The second-order valence-electron chi connectivity index (χ2n) is 1.87. The van der Waals surface area contributed by atoms with Crippen molar-refractivity contribution in [3.8, 4) is 0 Å². The number of aromatic amines is 1. The zero-order chi connectivity index (χ0) is 8.27. The Morgan fingerprint density at radius 3 is 3.09 bits per heavy atom. The number of nitrogens with one attached hydrogen (secondary N) is 1. The molecule has 1 heterocycles. The quantitative estimate of drug-likeness (QED) is 0.463. The molecule has 1 rings (SSSR count). The van der Waals surface area contributed by atoms with E-state index < -0.39 is 0 Å². The van der Waals surface area contributed by atoms with Crippen molar-refractivity contribution in [1.82, 2.24) is 9.97 Å². The summed E-state index contributed by atoms with van der Waals surface area (Å²) < 4.78 is 0. The molecular weight excluding hydrogens is 142 g/mol. The van der Waals surface area contributed by atoms with Crippen LogP contribution in [0.25, 0.3) is 0 Å². The lowest BCUT2D eigenvalue weighted by Crippen LogP contribution is -2.13. The molecule has 0 bridgehead atoms. The van der Waals surface area contributed by atoms with Crippen LogP contribution in [-0.4, -0.2) is 29.6 Å². The van der Waals surface area contributed by atoms with Crippen LogP contribution in [0, 0.1) is 0 Å². The fraction of sp³-hybridized carbons (Fsp3) is 0.167. The minimum absolute atomic E-state index is 0.380. The number of hydrogen-bond donors (Lipinski definition) is 2. The number of imidazole rings is 1. The molecule has 3 N–H and O–H groups in total. The molecule has 0 aliphatic heterocycles. The zero-order valence-corrected chi connectivity index (χ0v) is 6.20. The molecule has 0 spiro atoms. The molecular formula is C6H9N5. The highest BCUT2D eigenvalue weighted by Gasteiger charge is 2.05. The van der Waals surface area contributed by atoms with E-state index in [0.717, 1.165) is 0 Å². The molecule has 1 aromatic rings. The van der Waals surface area contributed by atoms with Crippen LogP contribution < -0.4 is 5.73 Å². The second-order valence-corrected chi connectivity index (χ2v) is 1.87. The summed E-state index contributed by atoms with van der Waals surface area (Å²) in [7, 11) is 1.60. The van der Waals surface area contributed by atoms with Crippen molar-refractivity contribution < 1.29 is 0 Å². The number of H-pyrrole nitrogens is 1. The standard InChI is InChI=1S/C6H9N5/c1-8-5(7)4-6(9-2)11-3-10-4/h3H,2H2,1H3,(H2,7,8)(H,10,11). The summed E-state index contributed by atoms with van der Waals surface area (Å²) in [4.78, 5) is 14.1. The first kappa shape index (κ1) is 7.46. The zero-order valence-electron chi connectivity index (χ0n) is 6.20. The third kappa shape index (κ3) is 1.26. The van der Waals surface area contributed by atoms with E-state index in [0.29, 0.717) is 17.3 Å². The number of nitrogens with two attached hydrogens (primary N) is 1. The fourth-order valence-corrected chi connectivity index (χ4v) is 0.707. The van der Waals surface area contributed by atoms with Gasteiger partial charge >= 0.3 is 0 Å². The molecule has 0 saturated heterocycles. The smallest absolute Gasteiger partial charge is 0.180 e. The summed E-state index contributed by atoms with van der Waals surface area (Å²) in [5, 5.41) is 0. The van der Waals surface area contributed by atoms with Gasteiger partial charge in [-0.05, 0) is 6.72 Å². The van der Waals surface area contributed by atoms with Gasteiger partial charge in [0.15, 0.2) is 5.82 Å². The second kappa shape index (κ2) is 2.96. The van der Waals surface area contributed by atoms with Gasteiger partial charge in [-0.2, -0.15) is 0 Å². The predicted molar refractivity (Wildman–Crippen MR) is 44.4 cm³/mol. The van der Waals surface area contributed by atoms with Gasteiger partial charge in [-0.3, -0.25) is 4.99 Å². The molecule has 0 radical (unpaired) electrons. The molecule has 0 unspecified atom stereocenters. The minimum Gasteiger partial charge on any atom is -0.382 e. The maximum absolute atomic E-state index is 5.51. The van der Waals surface area contributed by atoms with Gasteiger partial charge in [0.05, 0.1) is 6.33 Å². The normalized spacial score (nSPS) is 11.5. The molecule has 0 aromatic carbocycles. The van der Waals surface area contributed by atoms with E-state index in [2.05, 4.69) is 26.7 Å². The maximum Gasteiger partial charge on any atom is 0.180 e. The first-order valence-corrected chi connectivity index (χ1v) is 3.02. The molecule has 0 saturated carbocycles. The first-order valence-electron chi connectivity index (χ1n) is 3.02. The number of nitrogens with zero attached hydrogens (tertiary/aromatic N) is 3. The van der Waals surface area contributed by atoms with Crippen LogP contribution in [0.2, 0.25) is 0 Å². The van der Waals surface area contributed by atoms with Crippen LogP contribution in [0.15, 0.2) is 16.3 Å². The van der Waals surface area contributed by atoms with E-state index in [1.54, 1.807) is 7.05 Å². The molecule has 5 nitrogen and oxygen atoms in total. The minimum atomic E-state index is 0.380. The van der Waals surface area contributed by atoms with E-state index in [9.17, 15) is 0 Å². The Hall–Kier alpha value is -1.65. The molecule has 0 fully saturated rings. The van der Waals surface area contributed by atoms with Gasteiger partial charge in [0, 0.05) is 7.05 Å². The van der Waals surface area contributed by atoms with Crippen molar-refractivity contribution in [2.24, 2.45) is 15.7 Å². The van der Waals surface area contributed by atoms with Gasteiger partial charge in [-0.25, -0.2) is 9.98 Å². The maximum atomic E-state index is 5.51. The van der Waals surface area contributed by atoms with Gasteiger partial charge < -0.3 is 10.7 Å². The number of aromatic nitrogens is 2. The highest BCUT2D eigenvalue weighted by Crippen LogP contribution is 2.10. The van der Waals surface area contributed by atoms with Crippen LogP contribution in [0.1, 0.15) is 5.69 Å². The van der Waals surface area contributed by atoms with Gasteiger partial charge in [-0.15, -0.1) is 0 Å². The Balaban J connectivity index is 3.12. The van der Waals surface area contributed by atoms with Crippen molar-refractivity contribution >= 4 is 18.4 Å². The number of hydrogen-bond acceptors (Lipinski definition) is 3. The van der Waals surface area contributed by atoms with Crippen molar-refractivity contribution in [3.05, 3.63) is 12.0 Å². The van der Waals surface area contributed by atoms with E-state index in [1.165, 1.54) is 6.33 Å². The van der Waals surface area contributed by atoms with Crippen molar-refractivity contribution in [2.75, 3.05) is 7.05 Å². The fourth-order valence-electron chi connectivity index (χ4n) is 0.707. The lowest BCUT2D eigenvalue weighted by Gasteiger charge is -1.94. The highest BCUT2D eigenvalue weighted by molar-refractivity contribution is 5.99. The molecule has 5 heteroatoms. The Morgan fingerprint density at radius 2 is 2.55 bits per heavy atom. The summed E-state index contributed by atoms with van der Waals surface area (Å²) in [5.41, 5.74) is 6.12. The third-order valence-electron chi connectivity index (χ3n) is 1.27. The summed E-state index contributed by atoms with van der Waals surface area (Å²) in [6.07, 6.45) is 1.50. The summed E-state index contributed by atoms with van der Waals surface area (Å²) >= 11 is 0. The first-order chi connectivity index (χ1) is 5.29. The Kier molecular flexibility index (Phi) is 2.00. The van der Waals surface area contributed by atoms with Gasteiger partial charge in [0.2, 0.25) is 0 Å². The third-order valence-corrected chi connectivity index (χ3v) is 1.27. The summed E-state index contributed by atoms with van der Waals surface area (Å²) in [6.45, 7) is 3.34. The lowest BCUT2D eigenvalue weighted by atomic mass is 10.4. The van der Waals surface area contributed by atoms with Crippen LogP contribution in [-0.2, 0) is 0 Å². The summed E-state index contributed by atoms with van der Waals surface area (Å²) in [5.74, 6) is 0.859. The van der Waals surface area contributed by atoms with E-state index in [-0.39, 0.29) is 0 Å². The highest BCUT2D eigenvalue weighted by atomic mass is 15.0. The number of amidine groups is 1. The van der Waals surface area contributed by atoms with Crippen LogP contribution in [0.4, 0.5) is 5.82 Å². The molecule has 0 amide bonds. The molecule has 58 valence electrons. The lowest BCUT2D eigenvalue weighted by molar-refractivity contribution is 1.29. The average Bonchev–Trinajstić information content (AvgIpc) is 2.50. The molecule has 0 aliphatic carbocycles. The Labute approximate surface area is 64.1 Å². The van der Waals surface area contributed by atoms with Crippen molar-refractivity contribution in [1.29, 1.82) is 0 Å². The largest absolute Gasteiger partial charge is 0.382 e. The van der Waals surface area contributed by atoms with E-state index in [4.69, 9.17) is 5.73 Å². The van der Waals surface area contributed by atoms with Crippen LogP contribution >= 0.6 is 0 Å². The SMILES string of the molecule is C=Nc1nc[nH]c1/C(N)=N\C. The monoisotopic (exact) mass is 151 g/mol. The van der Waals surface area contributed by atoms with Crippen molar-refractivity contribution in [2.45, 2.75) is 0 Å². The van der Waals surface area contributed by atoms with Gasteiger partial charge in [-0.1, -0.05) is 0 Å². The molecule has 0 aliphatic rings. The predicted octanol–water partition coefficient (Wildman–Crippen LogP) is 0.0769. The van der Waals surface area contributed by atoms with Gasteiger partial charge in [0.25, 0.3) is 0 Å². The molecule has 0 atom stereocenters. The summed E-state index contributed by atoms with van der Waals surface area (Å²) in [6, 6.07) is 0. The number of aliphatic imine (C=N–C) groups is 2. The Morgan fingerprint density at radius 1 is 1.82 bits per heavy atom. The number of rotatable bonds is 2. The van der Waals surface area contributed by atoms with Gasteiger partial charge in [0.1, 0.15) is 11.5 Å². The Bertz CT molecular complexity index is 285. The average molecular weight is 151 g/mol. The van der Waals surface area contributed by atoms with E-state index in [1.807, 2.05) is 0 Å².